The van der Waals surface area contributed by atoms with E-state index in [1.165, 1.54) is 58.4 Å². The van der Waals surface area contributed by atoms with Crippen molar-refractivity contribution in [2.45, 2.75) is 45.6 Å². The molecule has 3 aliphatic rings. The molecule has 0 radical (unpaired) electrons. The number of carboxylic acids is 2. The summed E-state index contributed by atoms with van der Waals surface area (Å²) in [6.45, 7) is 11.2. The molecule has 1 saturated carbocycles. The van der Waals surface area contributed by atoms with Crippen molar-refractivity contribution in [3.05, 3.63) is 12.2 Å². The van der Waals surface area contributed by atoms with Crippen LogP contribution in [-0.2, 0) is 9.59 Å². The van der Waals surface area contributed by atoms with Crippen molar-refractivity contribution in [3.63, 3.8) is 0 Å². The third-order valence-electron chi connectivity index (χ3n) is 5.96. The summed E-state index contributed by atoms with van der Waals surface area (Å²) in [5.74, 6) is -0.831. The van der Waals surface area contributed by atoms with Crippen molar-refractivity contribution in [1.29, 1.82) is 0 Å². The smallest absolute Gasteiger partial charge is 0.414 e. The third kappa shape index (κ3) is 5.54. The normalized spacial score (nSPS) is 28.8. The summed E-state index contributed by atoms with van der Waals surface area (Å²) in [5.41, 5.74) is 0. The Morgan fingerprint density at radius 3 is 2.00 bits per heavy atom. The van der Waals surface area contributed by atoms with Gasteiger partial charge in [-0.3, -0.25) is 4.90 Å². The quantitative estimate of drug-likeness (QED) is 0.583. The number of carbonyl (C=O) groups is 2. The van der Waals surface area contributed by atoms with E-state index in [1.54, 1.807) is 0 Å². The fraction of sp³-hybridized carbons (Fsp3) is 0.789. The number of piperazine rings is 1. The first-order valence-electron chi connectivity index (χ1n) is 9.55. The Balaban J connectivity index is 0.000000326. The highest BCUT2D eigenvalue weighted by Gasteiger charge is 2.36. The zero-order valence-electron chi connectivity index (χ0n) is 15.4. The molecule has 0 aromatic carbocycles. The molecular weight excluding hydrogens is 320 g/mol. The van der Waals surface area contributed by atoms with E-state index < -0.39 is 11.9 Å². The van der Waals surface area contributed by atoms with Gasteiger partial charge >= 0.3 is 11.9 Å². The number of rotatable bonds is 5. The molecule has 3 unspecified atom stereocenters. The molecule has 1 heterocycles. The maximum Gasteiger partial charge on any atom is 0.414 e. The number of hydrogen-bond donors (Lipinski definition) is 2. The van der Waals surface area contributed by atoms with E-state index in [2.05, 4.69) is 35.8 Å². The van der Waals surface area contributed by atoms with Crippen molar-refractivity contribution in [3.8, 4) is 0 Å². The van der Waals surface area contributed by atoms with Gasteiger partial charge in [0.25, 0.3) is 0 Å². The van der Waals surface area contributed by atoms with Gasteiger partial charge in [-0.05, 0) is 43.4 Å². The second kappa shape index (κ2) is 9.34. The first kappa shape index (κ1) is 19.9. The molecule has 2 N–H and O–H groups in total. The van der Waals surface area contributed by atoms with Gasteiger partial charge < -0.3 is 15.1 Å². The van der Waals surface area contributed by atoms with Crippen molar-refractivity contribution in [2.24, 2.45) is 17.8 Å². The Hall–Kier alpha value is -1.40. The predicted octanol–water partition coefficient (Wildman–Crippen LogP) is 2.16. The van der Waals surface area contributed by atoms with E-state index >= 15 is 0 Å². The van der Waals surface area contributed by atoms with Gasteiger partial charge in [0.05, 0.1) is 0 Å². The van der Waals surface area contributed by atoms with Crippen LogP contribution in [0.25, 0.3) is 0 Å². The van der Waals surface area contributed by atoms with E-state index in [0.29, 0.717) is 0 Å². The van der Waals surface area contributed by atoms with E-state index in [1.807, 2.05) is 0 Å². The van der Waals surface area contributed by atoms with Gasteiger partial charge in [-0.25, -0.2) is 9.59 Å². The zero-order chi connectivity index (χ0) is 18.4. The average molecular weight is 352 g/mol. The number of hydrogen-bond acceptors (Lipinski definition) is 4. The number of aliphatic carboxylic acids is 2. The van der Waals surface area contributed by atoms with Crippen LogP contribution < -0.4 is 0 Å². The minimum atomic E-state index is -1.82. The summed E-state index contributed by atoms with van der Waals surface area (Å²) in [6, 6.07) is 0.826. The fourth-order valence-electron chi connectivity index (χ4n) is 4.55. The van der Waals surface area contributed by atoms with Gasteiger partial charge in [0, 0.05) is 38.8 Å². The molecule has 0 aromatic rings. The van der Waals surface area contributed by atoms with Crippen molar-refractivity contribution in [1.82, 2.24) is 9.80 Å². The monoisotopic (exact) mass is 352 g/mol. The lowest BCUT2D eigenvalue weighted by atomic mass is 9.93. The van der Waals surface area contributed by atoms with Gasteiger partial charge in [0.2, 0.25) is 0 Å². The van der Waals surface area contributed by atoms with Crippen LogP contribution in [0.1, 0.15) is 39.5 Å². The van der Waals surface area contributed by atoms with Crippen LogP contribution in [0.4, 0.5) is 0 Å². The molecule has 25 heavy (non-hydrogen) atoms. The zero-order valence-corrected chi connectivity index (χ0v) is 15.4. The average Bonchev–Trinajstić information content (AvgIpc) is 3.21. The molecule has 6 nitrogen and oxygen atoms in total. The molecule has 0 amide bonds. The first-order valence-corrected chi connectivity index (χ1v) is 9.55. The minimum Gasteiger partial charge on any atom is -0.473 e. The second-order valence-corrected chi connectivity index (χ2v) is 7.46. The Morgan fingerprint density at radius 1 is 1.00 bits per heavy atom. The molecule has 0 aromatic heterocycles. The largest absolute Gasteiger partial charge is 0.473 e. The molecule has 2 fully saturated rings. The van der Waals surface area contributed by atoms with E-state index in [0.717, 1.165) is 23.8 Å². The van der Waals surface area contributed by atoms with E-state index in [-0.39, 0.29) is 0 Å². The first-order chi connectivity index (χ1) is 11.9. The summed E-state index contributed by atoms with van der Waals surface area (Å²) in [5, 5.41) is 14.8. The van der Waals surface area contributed by atoms with Crippen LogP contribution in [0.2, 0.25) is 0 Å². The summed E-state index contributed by atoms with van der Waals surface area (Å²) in [6.07, 6.45) is 10.5. The highest BCUT2D eigenvalue weighted by Crippen LogP contribution is 2.43. The summed E-state index contributed by atoms with van der Waals surface area (Å²) < 4.78 is 0. The summed E-state index contributed by atoms with van der Waals surface area (Å²) in [4.78, 5) is 23.7. The molecule has 1 aliphatic heterocycles. The van der Waals surface area contributed by atoms with Gasteiger partial charge in [0.1, 0.15) is 0 Å². The molecule has 2 aliphatic carbocycles. The maximum absolute atomic E-state index is 9.10. The standard InChI is InChI=1S/C17H30N2.C2H2O4/c1-3-17(4-2)19-9-7-18(8-10-19)13-16-12-14-5-6-15(16)11-14;3-1(4)2(5)6/h5-6,14-17H,3-4,7-13H2,1-2H3;(H,3,4)(H,5,6). The van der Waals surface area contributed by atoms with Crippen LogP contribution in [0.5, 0.6) is 0 Å². The number of allylic oxidation sites excluding steroid dienone is 2. The van der Waals surface area contributed by atoms with E-state index in [9.17, 15) is 0 Å². The number of carboxylic acid groups (broad SMARTS) is 2. The van der Waals surface area contributed by atoms with Crippen molar-refractivity contribution < 1.29 is 19.8 Å². The van der Waals surface area contributed by atoms with Crippen LogP contribution in [0, 0.1) is 17.8 Å². The lowest BCUT2D eigenvalue weighted by molar-refractivity contribution is -0.159. The van der Waals surface area contributed by atoms with Crippen LogP contribution in [0.15, 0.2) is 12.2 Å². The predicted molar refractivity (Wildman–Crippen MR) is 96.5 cm³/mol. The molecule has 3 atom stereocenters. The van der Waals surface area contributed by atoms with E-state index in [4.69, 9.17) is 19.8 Å². The molecule has 3 rings (SSSR count). The van der Waals surface area contributed by atoms with Gasteiger partial charge in [0.15, 0.2) is 0 Å². The Labute approximate surface area is 150 Å². The highest BCUT2D eigenvalue weighted by molar-refractivity contribution is 6.27. The summed E-state index contributed by atoms with van der Waals surface area (Å²) >= 11 is 0. The third-order valence-corrected chi connectivity index (χ3v) is 5.96. The summed E-state index contributed by atoms with van der Waals surface area (Å²) in [7, 11) is 0. The van der Waals surface area contributed by atoms with Gasteiger partial charge in [-0.1, -0.05) is 26.0 Å². The van der Waals surface area contributed by atoms with Crippen molar-refractivity contribution >= 4 is 11.9 Å². The fourth-order valence-corrected chi connectivity index (χ4v) is 4.55. The lowest BCUT2D eigenvalue weighted by Gasteiger charge is -2.40. The molecule has 2 bridgehead atoms. The molecule has 0 spiro atoms. The van der Waals surface area contributed by atoms with Crippen molar-refractivity contribution in [2.75, 3.05) is 32.7 Å². The van der Waals surface area contributed by atoms with Gasteiger partial charge in [-0.2, -0.15) is 0 Å². The molecule has 142 valence electrons. The Morgan fingerprint density at radius 2 is 1.60 bits per heavy atom. The minimum absolute atomic E-state index is 0.826. The lowest BCUT2D eigenvalue weighted by Crippen LogP contribution is -2.51. The van der Waals surface area contributed by atoms with Crippen LogP contribution in [-0.4, -0.2) is 70.7 Å². The number of nitrogens with zero attached hydrogens (tertiary/aromatic N) is 2. The van der Waals surface area contributed by atoms with Crippen LogP contribution in [0.3, 0.4) is 0 Å². The topological polar surface area (TPSA) is 81.1 Å². The molecular formula is C19H32N2O4. The molecule has 1 saturated heterocycles. The van der Waals surface area contributed by atoms with Crippen LogP contribution >= 0.6 is 0 Å². The Kier molecular flexibility index (Phi) is 7.44. The Bertz CT molecular complexity index is 470. The molecule has 6 heteroatoms. The second-order valence-electron chi connectivity index (χ2n) is 7.46. The SMILES string of the molecule is CCC(CC)N1CCN(CC2CC3C=CC2C3)CC1.O=C(O)C(=O)O. The van der Waals surface area contributed by atoms with Gasteiger partial charge in [-0.15, -0.1) is 0 Å². The highest BCUT2D eigenvalue weighted by atomic mass is 16.4. The maximum atomic E-state index is 9.10. The number of fused-ring (bicyclic) bond motifs is 2.